The Bertz CT molecular complexity index is 974. The van der Waals surface area contributed by atoms with Crippen molar-refractivity contribution in [2.75, 3.05) is 13.2 Å². The molecule has 1 aromatic heterocycles. The van der Waals surface area contributed by atoms with Crippen molar-refractivity contribution in [3.05, 3.63) is 78.2 Å². The summed E-state index contributed by atoms with van der Waals surface area (Å²) in [5.41, 5.74) is 2.98. The first-order valence-corrected chi connectivity index (χ1v) is 10.0. The van der Waals surface area contributed by atoms with Crippen LogP contribution in [0.5, 0.6) is 0 Å². The molecule has 0 bridgehead atoms. The molecule has 0 spiro atoms. The molecule has 0 aliphatic carbocycles. The average Bonchev–Trinajstić information content (AvgIpc) is 3.30. The average molecular weight is 389 g/mol. The number of rotatable bonds is 5. The van der Waals surface area contributed by atoms with Crippen LogP contribution in [0.4, 0.5) is 4.79 Å². The largest absolute Gasteiger partial charge is 0.448 e. The van der Waals surface area contributed by atoms with Gasteiger partial charge in [0.15, 0.2) is 0 Å². The van der Waals surface area contributed by atoms with E-state index in [9.17, 15) is 4.79 Å². The zero-order chi connectivity index (χ0) is 20.4. The van der Waals surface area contributed by atoms with Crippen LogP contribution in [0.2, 0.25) is 0 Å². The van der Waals surface area contributed by atoms with Crippen LogP contribution in [0.15, 0.2) is 66.9 Å². The van der Waals surface area contributed by atoms with E-state index in [1.54, 1.807) is 0 Å². The van der Waals surface area contributed by atoms with Gasteiger partial charge in [0.05, 0.1) is 18.3 Å². The molecule has 1 saturated heterocycles. The predicted octanol–water partition coefficient (Wildman–Crippen LogP) is 5.14. The van der Waals surface area contributed by atoms with Gasteiger partial charge in [-0.15, -0.1) is 0 Å². The van der Waals surface area contributed by atoms with Gasteiger partial charge >= 0.3 is 6.09 Å². The Morgan fingerprint density at radius 1 is 1.03 bits per heavy atom. The third kappa shape index (κ3) is 4.04. The SMILES string of the molecule is CC(C)(C)C(c1nc(-c2ccccc2)cn1Cc1ccccc1)N1CCOC1=O. The van der Waals surface area contributed by atoms with Crippen molar-refractivity contribution in [3.63, 3.8) is 0 Å². The van der Waals surface area contributed by atoms with E-state index in [2.05, 4.69) is 55.8 Å². The number of benzene rings is 2. The van der Waals surface area contributed by atoms with Crippen molar-refractivity contribution >= 4 is 6.09 Å². The van der Waals surface area contributed by atoms with E-state index >= 15 is 0 Å². The predicted molar refractivity (Wildman–Crippen MR) is 113 cm³/mol. The molecular weight excluding hydrogens is 362 g/mol. The third-order valence-electron chi connectivity index (χ3n) is 5.24. The summed E-state index contributed by atoms with van der Waals surface area (Å²) in [6.45, 7) is 8.15. The van der Waals surface area contributed by atoms with Gasteiger partial charge in [-0.3, -0.25) is 4.90 Å². The number of carbonyl (C=O) groups excluding carboxylic acids is 1. The van der Waals surface area contributed by atoms with Crippen molar-refractivity contribution in [1.29, 1.82) is 0 Å². The summed E-state index contributed by atoms with van der Waals surface area (Å²) in [4.78, 5) is 19.3. The molecule has 1 aliphatic heterocycles. The first-order chi connectivity index (χ1) is 13.9. The van der Waals surface area contributed by atoms with Crippen molar-refractivity contribution in [1.82, 2.24) is 14.5 Å². The maximum Gasteiger partial charge on any atom is 0.410 e. The second kappa shape index (κ2) is 7.74. The van der Waals surface area contributed by atoms with E-state index in [4.69, 9.17) is 9.72 Å². The topological polar surface area (TPSA) is 47.4 Å². The summed E-state index contributed by atoms with van der Waals surface area (Å²) in [5.74, 6) is 0.888. The maximum atomic E-state index is 12.4. The maximum absolute atomic E-state index is 12.4. The second-order valence-electron chi connectivity index (χ2n) is 8.54. The minimum atomic E-state index is -0.263. The van der Waals surface area contributed by atoms with Gasteiger partial charge in [-0.2, -0.15) is 0 Å². The van der Waals surface area contributed by atoms with E-state index in [0.717, 1.165) is 17.1 Å². The van der Waals surface area contributed by atoms with Crippen LogP contribution in [-0.4, -0.2) is 33.7 Å². The summed E-state index contributed by atoms with van der Waals surface area (Å²) in [6.07, 6.45) is 1.83. The highest BCUT2D eigenvalue weighted by atomic mass is 16.6. The third-order valence-corrected chi connectivity index (χ3v) is 5.24. The van der Waals surface area contributed by atoms with Gasteiger partial charge in [-0.1, -0.05) is 81.4 Å². The first-order valence-electron chi connectivity index (χ1n) is 10.0. The van der Waals surface area contributed by atoms with E-state index in [1.807, 2.05) is 41.3 Å². The smallest absolute Gasteiger partial charge is 0.410 e. The number of aromatic nitrogens is 2. The minimum Gasteiger partial charge on any atom is -0.448 e. The van der Waals surface area contributed by atoms with Gasteiger partial charge in [0, 0.05) is 18.3 Å². The Hall–Kier alpha value is -3.08. The fraction of sp³-hybridized carbons (Fsp3) is 0.333. The molecule has 1 unspecified atom stereocenters. The Morgan fingerprint density at radius 3 is 2.28 bits per heavy atom. The molecule has 2 aromatic carbocycles. The normalized spacial score (nSPS) is 15.4. The monoisotopic (exact) mass is 389 g/mol. The molecule has 150 valence electrons. The Labute approximate surface area is 171 Å². The van der Waals surface area contributed by atoms with Gasteiger partial charge in [-0.05, 0) is 11.0 Å². The van der Waals surface area contributed by atoms with Crippen molar-refractivity contribution in [3.8, 4) is 11.3 Å². The quantitative estimate of drug-likeness (QED) is 0.607. The van der Waals surface area contributed by atoms with Crippen LogP contribution in [0.25, 0.3) is 11.3 Å². The van der Waals surface area contributed by atoms with E-state index in [0.29, 0.717) is 19.7 Å². The number of ether oxygens (including phenoxy) is 1. The Morgan fingerprint density at radius 2 is 1.69 bits per heavy atom. The fourth-order valence-electron chi connectivity index (χ4n) is 3.94. The summed E-state index contributed by atoms with van der Waals surface area (Å²) >= 11 is 0. The number of nitrogens with zero attached hydrogens (tertiary/aromatic N) is 3. The fourth-order valence-corrected chi connectivity index (χ4v) is 3.94. The number of amides is 1. The van der Waals surface area contributed by atoms with Gasteiger partial charge in [-0.25, -0.2) is 9.78 Å². The Kier molecular flexibility index (Phi) is 5.14. The molecule has 1 atom stereocenters. The zero-order valence-electron chi connectivity index (χ0n) is 17.2. The van der Waals surface area contributed by atoms with Gasteiger partial charge < -0.3 is 9.30 Å². The summed E-state index contributed by atoms with van der Waals surface area (Å²) in [5, 5.41) is 0. The van der Waals surface area contributed by atoms with Gasteiger partial charge in [0.2, 0.25) is 0 Å². The van der Waals surface area contributed by atoms with Gasteiger partial charge in [0.25, 0.3) is 0 Å². The van der Waals surface area contributed by atoms with Crippen LogP contribution in [0, 0.1) is 5.41 Å². The summed E-state index contributed by atoms with van der Waals surface area (Å²) in [6, 6.07) is 20.3. The molecule has 5 heteroatoms. The number of imidazole rings is 1. The number of carbonyl (C=O) groups is 1. The molecular formula is C24H27N3O2. The molecule has 0 saturated carbocycles. The van der Waals surface area contributed by atoms with Crippen LogP contribution in [-0.2, 0) is 11.3 Å². The zero-order valence-corrected chi connectivity index (χ0v) is 17.2. The van der Waals surface area contributed by atoms with Crippen LogP contribution >= 0.6 is 0 Å². The molecule has 0 radical (unpaired) electrons. The van der Waals surface area contributed by atoms with Crippen LogP contribution in [0.3, 0.4) is 0 Å². The lowest BCUT2D eigenvalue weighted by Crippen LogP contribution is -2.39. The van der Waals surface area contributed by atoms with E-state index in [1.165, 1.54) is 5.56 Å². The number of hydrogen-bond acceptors (Lipinski definition) is 3. The standard InChI is InChI=1S/C24H27N3O2/c1-24(2,3)21(27-14-15-29-23(27)28)22-25-20(19-12-8-5-9-13-19)17-26(22)16-18-10-6-4-7-11-18/h4-13,17,21H,14-16H2,1-3H3. The summed E-state index contributed by atoms with van der Waals surface area (Å²) < 4.78 is 7.44. The molecule has 0 N–H and O–H groups in total. The van der Waals surface area contributed by atoms with Crippen molar-refractivity contribution < 1.29 is 9.53 Å². The molecule has 1 aliphatic rings. The Balaban J connectivity index is 1.82. The minimum absolute atomic E-state index is 0.182. The molecule has 4 rings (SSSR count). The van der Waals surface area contributed by atoms with Crippen molar-refractivity contribution in [2.24, 2.45) is 5.41 Å². The number of cyclic esters (lactones) is 1. The lowest BCUT2D eigenvalue weighted by Gasteiger charge is -2.36. The lowest BCUT2D eigenvalue weighted by atomic mass is 9.85. The molecule has 3 aromatic rings. The second-order valence-corrected chi connectivity index (χ2v) is 8.54. The molecule has 1 fully saturated rings. The molecule has 1 amide bonds. The first kappa shape index (κ1) is 19.2. The lowest BCUT2D eigenvalue weighted by molar-refractivity contribution is 0.108. The molecule has 2 heterocycles. The van der Waals surface area contributed by atoms with Crippen molar-refractivity contribution in [2.45, 2.75) is 33.4 Å². The van der Waals surface area contributed by atoms with Crippen LogP contribution in [0.1, 0.15) is 38.2 Å². The highest BCUT2D eigenvalue weighted by Gasteiger charge is 2.41. The van der Waals surface area contributed by atoms with Crippen LogP contribution < -0.4 is 0 Å². The van der Waals surface area contributed by atoms with E-state index in [-0.39, 0.29) is 17.6 Å². The number of hydrogen-bond donors (Lipinski definition) is 0. The van der Waals surface area contributed by atoms with E-state index < -0.39 is 0 Å². The molecule has 29 heavy (non-hydrogen) atoms. The highest BCUT2D eigenvalue weighted by Crippen LogP contribution is 2.40. The summed E-state index contributed by atoms with van der Waals surface area (Å²) in [7, 11) is 0. The highest BCUT2D eigenvalue weighted by molar-refractivity contribution is 5.70. The van der Waals surface area contributed by atoms with Gasteiger partial charge in [0.1, 0.15) is 12.4 Å². The molecule has 5 nitrogen and oxygen atoms in total.